The van der Waals surface area contributed by atoms with E-state index < -0.39 is 0 Å². The van der Waals surface area contributed by atoms with E-state index >= 15 is 0 Å². The molecular weight excluding hydrogens is 368 g/mol. The summed E-state index contributed by atoms with van der Waals surface area (Å²) >= 11 is 2.91. The van der Waals surface area contributed by atoms with Crippen LogP contribution in [0.4, 0.5) is 5.00 Å². The Morgan fingerprint density at radius 1 is 1.15 bits per heavy atom. The second-order valence-corrected chi connectivity index (χ2v) is 8.15. The van der Waals surface area contributed by atoms with E-state index in [9.17, 15) is 9.59 Å². The molecule has 26 heavy (non-hydrogen) atoms. The van der Waals surface area contributed by atoms with Crippen LogP contribution in [0, 0.1) is 13.8 Å². The third-order valence-corrected chi connectivity index (χ3v) is 6.28. The summed E-state index contributed by atoms with van der Waals surface area (Å²) in [6.45, 7) is 3.96. The van der Waals surface area contributed by atoms with Crippen LogP contribution in [0.5, 0.6) is 5.75 Å². The topological polar surface area (TPSA) is 67.4 Å². The number of hydrogen-bond donors (Lipinski definition) is 2. The Hall–Kier alpha value is -2.64. The van der Waals surface area contributed by atoms with Crippen LogP contribution in [0.1, 0.15) is 42.2 Å². The van der Waals surface area contributed by atoms with E-state index in [0.29, 0.717) is 16.2 Å². The normalized spacial score (nSPS) is 15.8. The number of rotatable bonds is 3. The SMILES string of the molecule is Cc1sc2c(c1C)C(=O)N[C@H](c1cccc(OC(=O)c3cccs3)c1)N2. The molecule has 0 radical (unpaired) electrons. The molecule has 7 heteroatoms. The van der Waals surface area contributed by atoms with Crippen molar-refractivity contribution < 1.29 is 14.3 Å². The van der Waals surface area contributed by atoms with Crippen molar-refractivity contribution in [1.82, 2.24) is 5.32 Å². The van der Waals surface area contributed by atoms with E-state index in [1.54, 1.807) is 35.6 Å². The zero-order valence-electron chi connectivity index (χ0n) is 14.2. The number of carbonyl (C=O) groups excluding carboxylic acids is 2. The molecule has 1 aliphatic rings. The van der Waals surface area contributed by atoms with Crippen molar-refractivity contribution in [3.05, 3.63) is 68.2 Å². The first kappa shape index (κ1) is 16.8. The molecule has 0 fully saturated rings. The smallest absolute Gasteiger partial charge is 0.353 e. The summed E-state index contributed by atoms with van der Waals surface area (Å²) in [5.74, 6) is -0.0301. The zero-order chi connectivity index (χ0) is 18.3. The van der Waals surface area contributed by atoms with Gasteiger partial charge in [-0.15, -0.1) is 22.7 Å². The van der Waals surface area contributed by atoms with Crippen LogP contribution in [0.3, 0.4) is 0 Å². The first-order valence-corrected chi connectivity index (χ1v) is 9.75. The number of ether oxygens (including phenoxy) is 1. The number of nitrogens with one attached hydrogen (secondary N) is 2. The molecule has 2 aromatic heterocycles. The van der Waals surface area contributed by atoms with E-state index in [0.717, 1.165) is 21.0 Å². The van der Waals surface area contributed by atoms with Gasteiger partial charge in [-0.1, -0.05) is 18.2 Å². The number of fused-ring (bicyclic) bond motifs is 1. The molecule has 1 aliphatic heterocycles. The molecule has 0 bridgehead atoms. The Balaban J connectivity index is 1.57. The summed E-state index contributed by atoms with van der Waals surface area (Å²) in [7, 11) is 0. The Bertz CT molecular complexity index is 992. The summed E-state index contributed by atoms with van der Waals surface area (Å²) in [4.78, 5) is 26.3. The summed E-state index contributed by atoms with van der Waals surface area (Å²) in [6, 6.07) is 10.7. The van der Waals surface area contributed by atoms with Crippen molar-refractivity contribution in [2.45, 2.75) is 20.0 Å². The van der Waals surface area contributed by atoms with E-state index in [-0.39, 0.29) is 18.0 Å². The van der Waals surface area contributed by atoms with Crippen LogP contribution in [0.15, 0.2) is 41.8 Å². The van der Waals surface area contributed by atoms with E-state index in [4.69, 9.17) is 4.74 Å². The number of benzene rings is 1. The minimum atomic E-state index is -0.385. The highest BCUT2D eigenvalue weighted by molar-refractivity contribution is 7.16. The highest BCUT2D eigenvalue weighted by Crippen LogP contribution is 2.37. The summed E-state index contributed by atoms with van der Waals surface area (Å²) in [5.41, 5.74) is 2.54. The fourth-order valence-corrected chi connectivity index (χ4v) is 4.53. The van der Waals surface area contributed by atoms with Crippen LogP contribution < -0.4 is 15.4 Å². The molecule has 3 aromatic rings. The first-order valence-electron chi connectivity index (χ1n) is 8.06. The first-order chi connectivity index (χ1) is 12.5. The summed E-state index contributed by atoms with van der Waals surface area (Å²) < 4.78 is 5.44. The molecule has 1 amide bonds. The highest BCUT2D eigenvalue weighted by atomic mass is 32.1. The molecule has 2 N–H and O–H groups in total. The number of anilines is 1. The lowest BCUT2D eigenvalue weighted by Crippen LogP contribution is -2.38. The quantitative estimate of drug-likeness (QED) is 0.515. The molecule has 5 nitrogen and oxygen atoms in total. The molecule has 0 unspecified atom stereocenters. The molecule has 1 aromatic carbocycles. The second kappa shape index (κ2) is 6.59. The lowest BCUT2D eigenvalue weighted by molar-refractivity contribution is 0.0739. The predicted molar refractivity (Wildman–Crippen MR) is 103 cm³/mol. The number of hydrogen-bond acceptors (Lipinski definition) is 6. The van der Waals surface area contributed by atoms with Gasteiger partial charge in [0.05, 0.1) is 5.56 Å². The number of amides is 1. The van der Waals surface area contributed by atoms with Crippen molar-refractivity contribution >= 4 is 39.6 Å². The average Bonchev–Trinajstić information content (AvgIpc) is 3.24. The van der Waals surface area contributed by atoms with Crippen molar-refractivity contribution in [1.29, 1.82) is 0 Å². The molecule has 0 aliphatic carbocycles. The van der Waals surface area contributed by atoms with E-state index in [2.05, 4.69) is 10.6 Å². The van der Waals surface area contributed by atoms with Crippen LogP contribution in [-0.4, -0.2) is 11.9 Å². The lowest BCUT2D eigenvalue weighted by Gasteiger charge is -2.26. The van der Waals surface area contributed by atoms with E-state index in [1.165, 1.54) is 11.3 Å². The van der Waals surface area contributed by atoms with Gasteiger partial charge >= 0.3 is 5.97 Å². The predicted octanol–water partition coefficient (Wildman–Crippen LogP) is 4.50. The minimum absolute atomic E-state index is 0.0911. The molecule has 132 valence electrons. The monoisotopic (exact) mass is 384 g/mol. The van der Waals surface area contributed by atoms with Gasteiger partial charge < -0.3 is 15.4 Å². The number of carbonyl (C=O) groups is 2. The van der Waals surface area contributed by atoms with Gasteiger partial charge in [0.15, 0.2) is 0 Å². The molecule has 3 heterocycles. The number of aryl methyl sites for hydroxylation is 1. The summed E-state index contributed by atoms with van der Waals surface area (Å²) in [6.07, 6.45) is -0.368. The zero-order valence-corrected chi connectivity index (χ0v) is 15.8. The van der Waals surface area contributed by atoms with Crippen LogP contribution in [0.2, 0.25) is 0 Å². The van der Waals surface area contributed by atoms with Gasteiger partial charge in [-0.2, -0.15) is 0 Å². The highest BCUT2D eigenvalue weighted by Gasteiger charge is 2.29. The van der Waals surface area contributed by atoms with E-state index in [1.807, 2.05) is 31.4 Å². The van der Waals surface area contributed by atoms with Gasteiger partial charge in [0.25, 0.3) is 5.91 Å². The van der Waals surface area contributed by atoms with Gasteiger partial charge in [-0.05, 0) is 48.6 Å². The maximum atomic E-state index is 12.5. The van der Waals surface area contributed by atoms with Crippen molar-refractivity contribution in [2.24, 2.45) is 0 Å². The Morgan fingerprint density at radius 3 is 2.77 bits per heavy atom. The number of esters is 1. The maximum absolute atomic E-state index is 12.5. The minimum Gasteiger partial charge on any atom is -0.422 e. The average molecular weight is 384 g/mol. The maximum Gasteiger partial charge on any atom is 0.353 e. The lowest BCUT2D eigenvalue weighted by atomic mass is 10.1. The van der Waals surface area contributed by atoms with Gasteiger partial charge in [0.1, 0.15) is 21.8 Å². The van der Waals surface area contributed by atoms with Gasteiger partial charge in [0, 0.05) is 4.88 Å². The number of thiophene rings is 2. The van der Waals surface area contributed by atoms with Gasteiger partial charge in [0.2, 0.25) is 0 Å². The largest absolute Gasteiger partial charge is 0.422 e. The Morgan fingerprint density at radius 2 is 2.00 bits per heavy atom. The molecule has 0 saturated heterocycles. The van der Waals surface area contributed by atoms with Crippen molar-refractivity contribution in [3.63, 3.8) is 0 Å². The molecular formula is C19H16N2O3S2. The van der Waals surface area contributed by atoms with Crippen LogP contribution >= 0.6 is 22.7 Å². The van der Waals surface area contributed by atoms with Gasteiger partial charge in [-0.25, -0.2) is 4.79 Å². The third-order valence-electron chi connectivity index (χ3n) is 4.29. The Labute approximate surface area is 158 Å². The van der Waals surface area contributed by atoms with Gasteiger partial charge in [-0.3, -0.25) is 4.79 Å². The molecule has 4 rings (SSSR count). The third kappa shape index (κ3) is 3.00. The summed E-state index contributed by atoms with van der Waals surface area (Å²) in [5, 5.41) is 9.03. The Kier molecular flexibility index (Phi) is 4.26. The van der Waals surface area contributed by atoms with Crippen LogP contribution in [0.25, 0.3) is 0 Å². The van der Waals surface area contributed by atoms with Crippen LogP contribution in [-0.2, 0) is 0 Å². The fourth-order valence-electron chi connectivity index (χ4n) is 2.85. The standard InChI is InChI=1S/C19H16N2O3S2/c1-10-11(2)26-18-15(10)17(22)20-16(21-18)12-5-3-6-13(9-12)24-19(23)14-7-4-8-25-14/h3-9,16,21H,1-2H3,(H,20,22)/t16-/m0/s1. The molecule has 1 atom stereocenters. The fraction of sp³-hybridized carbons (Fsp3) is 0.158. The molecule has 0 saturated carbocycles. The second-order valence-electron chi connectivity index (χ2n) is 5.98. The van der Waals surface area contributed by atoms with Crippen molar-refractivity contribution in [2.75, 3.05) is 5.32 Å². The molecule has 0 spiro atoms. The van der Waals surface area contributed by atoms with Crippen molar-refractivity contribution in [3.8, 4) is 5.75 Å².